The van der Waals surface area contributed by atoms with E-state index in [1.807, 2.05) is 11.8 Å². The van der Waals surface area contributed by atoms with E-state index in [0.717, 1.165) is 26.1 Å². The van der Waals surface area contributed by atoms with Crippen LogP contribution in [0.25, 0.3) is 0 Å². The summed E-state index contributed by atoms with van der Waals surface area (Å²) in [5.41, 5.74) is 0. The third kappa shape index (κ3) is 3.86. The average Bonchev–Trinajstić information content (AvgIpc) is 3.18. The standard InChI is InChI=1S/C14H24N2O2S/c17-13(9-19-11-3-6-15-7-4-11)16-12-5-8-18-14(12)10-1-2-10/h10-12,14-15H,1-9H2,(H,16,17). The predicted molar refractivity (Wildman–Crippen MR) is 77.4 cm³/mol. The molecule has 1 saturated carbocycles. The number of nitrogens with one attached hydrogen (secondary N) is 2. The molecule has 2 heterocycles. The fourth-order valence-electron chi connectivity index (χ4n) is 3.06. The van der Waals surface area contributed by atoms with E-state index in [1.165, 1.54) is 25.7 Å². The van der Waals surface area contributed by atoms with Gasteiger partial charge in [0.25, 0.3) is 0 Å². The van der Waals surface area contributed by atoms with E-state index in [4.69, 9.17) is 4.74 Å². The Morgan fingerprint density at radius 2 is 2.00 bits per heavy atom. The number of rotatable bonds is 5. The van der Waals surface area contributed by atoms with Crippen molar-refractivity contribution in [3.05, 3.63) is 0 Å². The summed E-state index contributed by atoms with van der Waals surface area (Å²) < 4.78 is 5.76. The maximum Gasteiger partial charge on any atom is 0.230 e. The summed E-state index contributed by atoms with van der Waals surface area (Å²) in [7, 11) is 0. The Labute approximate surface area is 119 Å². The van der Waals surface area contributed by atoms with Gasteiger partial charge < -0.3 is 15.4 Å². The molecule has 1 amide bonds. The molecule has 5 heteroatoms. The van der Waals surface area contributed by atoms with Crippen molar-refractivity contribution >= 4 is 17.7 Å². The maximum atomic E-state index is 12.0. The Balaban J connectivity index is 1.38. The number of ether oxygens (including phenoxy) is 1. The van der Waals surface area contributed by atoms with Gasteiger partial charge in [0, 0.05) is 11.9 Å². The van der Waals surface area contributed by atoms with Crippen molar-refractivity contribution in [3.63, 3.8) is 0 Å². The molecule has 3 fully saturated rings. The summed E-state index contributed by atoms with van der Waals surface area (Å²) in [6.07, 6.45) is 6.23. The molecule has 2 saturated heterocycles. The lowest BCUT2D eigenvalue weighted by molar-refractivity contribution is -0.119. The Bertz CT molecular complexity index is 317. The number of amides is 1. The van der Waals surface area contributed by atoms with Crippen molar-refractivity contribution in [1.82, 2.24) is 10.6 Å². The van der Waals surface area contributed by atoms with Gasteiger partial charge in [0.15, 0.2) is 0 Å². The second kappa shape index (κ2) is 6.46. The van der Waals surface area contributed by atoms with Crippen molar-refractivity contribution in [2.45, 2.75) is 49.5 Å². The van der Waals surface area contributed by atoms with Crippen LogP contribution in [-0.4, -0.2) is 48.8 Å². The SMILES string of the molecule is O=C(CSC1CCNCC1)NC1CCOC1C1CC1. The molecule has 108 valence electrons. The molecule has 2 unspecified atom stereocenters. The first-order valence-electron chi connectivity index (χ1n) is 7.56. The zero-order chi connectivity index (χ0) is 13.1. The van der Waals surface area contributed by atoms with Gasteiger partial charge in [-0.2, -0.15) is 0 Å². The Morgan fingerprint density at radius 1 is 1.21 bits per heavy atom. The second-order valence-electron chi connectivity index (χ2n) is 5.90. The van der Waals surface area contributed by atoms with Crippen LogP contribution in [0, 0.1) is 5.92 Å². The van der Waals surface area contributed by atoms with Crippen LogP contribution in [0.3, 0.4) is 0 Å². The molecule has 0 bridgehead atoms. The molecule has 0 aromatic carbocycles. The van der Waals surface area contributed by atoms with E-state index in [2.05, 4.69) is 10.6 Å². The van der Waals surface area contributed by atoms with Crippen LogP contribution in [0.2, 0.25) is 0 Å². The highest BCUT2D eigenvalue weighted by Gasteiger charge is 2.41. The topological polar surface area (TPSA) is 50.4 Å². The summed E-state index contributed by atoms with van der Waals surface area (Å²) in [5.74, 6) is 1.52. The highest BCUT2D eigenvalue weighted by atomic mass is 32.2. The minimum atomic E-state index is 0.199. The smallest absolute Gasteiger partial charge is 0.230 e. The van der Waals surface area contributed by atoms with Crippen molar-refractivity contribution in [1.29, 1.82) is 0 Å². The van der Waals surface area contributed by atoms with E-state index >= 15 is 0 Å². The van der Waals surface area contributed by atoms with E-state index in [0.29, 0.717) is 23.0 Å². The van der Waals surface area contributed by atoms with Crippen LogP contribution < -0.4 is 10.6 Å². The first-order chi connectivity index (χ1) is 9.33. The van der Waals surface area contributed by atoms with E-state index in [1.54, 1.807) is 0 Å². The Kier molecular flexibility index (Phi) is 4.66. The van der Waals surface area contributed by atoms with Gasteiger partial charge in [-0.15, -0.1) is 11.8 Å². The summed E-state index contributed by atoms with van der Waals surface area (Å²) >= 11 is 1.82. The molecule has 2 atom stereocenters. The first kappa shape index (κ1) is 13.7. The predicted octanol–water partition coefficient (Wildman–Crippen LogP) is 1.16. The van der Waals surface area contributed by atoms with Crippen LogP contribution >= 0.6 is 11.8 Å². The molecular weight excluding hydrogens is 260 g/mol. The summed E-state index contributed by atoms with van der Waals surface area (Å²) in [4.78, 5) is 12.0. The first-order valence-corrected chi connectivity index (χ1v) is 8.61. The van der Waals surface area contributed by atoms with E-state index in [9.17, 15) is 4.79 Å². The minimum Gasteiger partial charge on any atom is -0.376 e. The van der Waals surface area contributed by atoms with Gasteiger partial charge in [-0.1, -0.05) is 0 Å². The molecule has 4 nitrogen and oxygen atoms in total. The van der Waals surface area contributed by atoms with Gasteiger partial charge in [-0.3, -0.25) is 4.79 Å². The lowest BCUT2D eigenvalue weighted by Crippen LogP contribution is -2.42. The maximum absolute atomic E-state index is 12.0. The molecule has 3 rings (SSSR count). The van der Waals surface area contributed by atoms with Gasteiger partial charge in [0.1, 0.15) is 0 Å². The van der Waals surface area contributed by atoms with Crippen LogP contribution in [0.5, 0.6) is 0 Å². The Morgan fingerprint density at radius 3 is 2.74 bits per heavy atom. The average molecular weight is 284 g/mol. The molecule has 2 N–H and O–H groups in total. The summed E-state index contributed by atoms with van der Waals surface area (Å²) in [5, 5.41) is 7.20. The number of hydrogen-bond acceptors (Lipinski definition) is 4. The molecule has 0 spiro atoms. The third-order valence-corrected chi connectivity index (χ3v) is 5.68. The lowest BCUT2D eigenvalue weighted by Gasteiger charge is -2.23. The molecular formula is C14H24N2O2S. The number of thioether (sulfide) groups is 1. The molecule has 2 aliphatic heterocycles. The quantitative estimate of drug-likeness (QED) is 0.795. The molecule has 19 heavy (non-hydrogen) atoms. The monoisotopic (exact) mass is 284 g/mol. The fraction of sp³-hybridized carbons (Fsp3) is 0.929. The van der Waals surface area contributed by atoms with E-state index < -0.39 is 0 Å². The van der Waals surface area contributed by atoms with Gasteiger partial charge in [0.05, 0.1) is 17.9 Å². The lowest BCUT2D eigenvalue weighted by atomic mass is 10.1. The molecule has 0 radical (unpaired) electrons. The third-order valence-electron chi connectivity index (χ3n) is 4.31. The van der Waals surface area contributed by atoms with Crippen molar-refractivity contribution in [2.24, 2.45) is 5.92 Å². The number of carbonyl (C=O) groups is 1. The zero-order valence-corrected chi connectivity index (χ0v) is 12.2. The van der Waals surface area contributed by atoms with E-state index in [-0.39, 0.29) is 11.9 Å². The molecule has 1 aliphatic carbocycles. The highest BCUT2D eigenvalue weighted by molar-refractivity contribution is 8.00. The largest absolute Gasteiger partial charge is 0.376 e. The fourth-order valence-corrected chi connectivity index (χ4v) is 4.10. The zero-order valence-electron chi connectivity index (χ0n) is 11.4. The summed E-state index contributed by atoms with van der Waals surface area (Å²) in [6.45, 7) is 3.01. The van der Waals surface area contributed by atoms with Gasteiger partial charge >= 0.3 is 0 Å². The highest BCUT2D eigenvalue weighted by Crippen LogP contribution is 2.38. The van der Waals surface area contributed by atoms with Crippen molar-refractivity contribution < 1.29 is 9.53 Å². The minimum absolute atomic E-state index is 0.199. The van der Waals surface area contributed by atoms with Gasteiger partial charge in [0.2, 0.25) is 5.91 Å². The van der Waals surface area contributed by atoms with Crippen LogP contribution in [0.4, 0.5) is 0 Å². The van der Waals surface area contributed by atoms with Crippen molar-refractivity contribution in [2.75, 3.05) is 25.4 Å². The second-order valence-corrected chi connectivity index (χ2v) is 7.18. The normalized spacial score (nSPS) is 32.4. The van der Waals surface area contributed by atoms with Crippen LogP contribution in [0.15, 0.2) is 0 Å². The van der Waals surface area contributed by atoms with Crippen molar-refractivity contribution in [3.8, 4) is 0 Å². The number of piperidine rings is 1. The van der Waals surface area contributed by atoms with Crippen LogP contribution in [-0.2, 0) is 9.53 Å². The van der Waals surface area contributed by atoms with Crippen LogP contribution in [0.1, 0.15) is 32.1 Å². The van der Waals surface area contributed by atoms with Gasteiger partial charge in [-0.25, -0.2) is 0 Å². The number of hydrogen-bond donors (Lipinski definition) is 2. The Hall–Kier alpha value is -0.260. The molecule has 0 aromatic rings. The molecule has 0 aromatic heterocycles. The molecule has 3 aliphatic rings. The summed E-state index contributed by atoms with van der Waals surface area (Å²) in [6, 6.07) is 0.272. The van der Waals surface area contributed by atoms with Gasteiger partial charge in [-0.05, 0) is 51.1 Å². The number of carbonyl (C=O) groups excluding carboxylic acids is 1.